The molecule has 1 radical (unpaired) electrons. The second-order valence-electron chi connectivity index (χ2n) is 2.21. The Morgan fingerprint density at radius 2 is 1.91 bits per heavy atom. The van der Waals surface area contributed by atoms with Crippen LogP contribution in [0.15, 0.2) is 41.9 Å². The summed E-state index contributed by atoms with van der Waals surface area (Å²) >= 11 is 5.37. The second-order valence-corrected chi connectivity index (χ2v) is 2.46. The zero-order valence-corrected chi connectivity index (χ0v) is 6.96. The molecule has 0 saturated carbocycles. The van der Waals surface area contributed by atoms with Gasteiger partial charge < -0.3 is 0 Å². The van der Waals surface area contributed by atoms with Gasteiger partial charge in [0.1, 0.15) is 0 Å². The highest BCUT2D eigenvalue weighted by atomic mass is 35.5. The van der Waals surface area contributed by atoms with Crippen LogP contribution in [0.3, 0.4) is 0 Å². The summed E-state index contributed by atoms with van der Waals surface area (Å²) in [5, 5.41) is 0. The van der Waals surface area contributed by atoms with E-state index >= 15 is 0 Å². The molecule has 0 nitrogen and oxygen atoms in total. The van der Waals surface area contributed by atoms with Crippen LogP contribution in [0.5, 0.6) is 0 Å². The van der Waals surface area contributed by atoms with E-state index in [9.17, 15) is 0 Å². The molecule has 1 aromatic rings. The molecule has 0 N–H and O–H groups in total. The number of hydrogen-bond donors (Lipinski definition) is 0. The van der Waals surface area contributed by atoms with Gasteiger partial charge in [0.25, 0.3) is 0 Å². The number of allylic oxidation sites excluding steroid dienone is 1. The molecular formula is C10H10Cl. The molecule has 0 heterocycles. The molecule has 0 fully saturated rings. The Labute approximate surface area is 72.5 Å². The summed E-state index contributed by atoms with van der Waals surface area (Å²) in [5.41, 5.74) is 2.78. The van der Waals surface area contributed by atoms with E-state index in [-0.39, 0.29) is 0 Å². The van der Waals surface area contributed by atoms with Crippen LogP contribution in [-0.4, -0.2) is 0 Å². The van der Waals surface area contributed by atoms with E-state index in [0.717, 1.165) is 6.42 Å². The average molecular weight is 166 g/mol. The maximum atomic E-state index is 5.37. The first-order valence-corrected chi connectivity index (χ1v) is 4.00. The first kappa shape index (κ1) is 8.35. The van der Waals surface area contributed by atoms with E-state index in [0.29, 0.717) is 0 Å². The maximum absolute atomic E-state index is 5.37. The molecule has 11 heavy (non-hydrogen) atoms. The lowest BCUT2D eigenvalue weighted by Gasteiger charge is -1.94. The van der Waals surface area contributed by atoms with Crippen LogP contribution in [0.2, 0.25) is 0 Å². The molecule has 1 rings (SSSR count). The summed E-state index contributed by atoms with van der Waals surface area (Å²) < 4.78 is 0. The molecule has 0 spiro atoms. The summed E-state index contributed by atoms with van der Waals surface area (Å²) in [6.07, 6.45) is 4.93. The van der Waals surface area contributed by atoms with Crippen LogP contribution in [0.1, 0.15) is 12.0 Å². The average Bonchev–Trinajstić information content (AvgIpc) is 2.07. The molecule has 0 unspecified atom stereocenters. The quantitative estimate of drug-likeness (QED) is 0.644. The van der Waals surface area contributed by atoms with E-state index in [2.05, 4.69) is 18.6 Å². The van der Waals surface area contributed by atoms with Crippen molar-refractivity contribution < 1.29 is 0 Å². The molecule has 0 aliphatic rings. The molecule has 0 amide bonds. The summed E-state index contributed by atoms with van der Waals surface area (Å²) in [4.78, 5) is 0. The Morgan fingerprint density at radius 1 is 1.18 bits per heavy atom. The van der Waals surface area contributed by atoms with Gasteiger partial charge in [-0.15, -0.1) is 0 Å². The molecule has 1 heteroatoms. The summed E-state index contributed by atoms with van der Waals surface area (Å²) in [6, 6.07) is 10.2. The van der Waals surface area contributed by atoms with Gasteiger partial charge in [0.2, 0.25) is 0 Å². The predicted molar refractivity (Wildman–Crippen MR) is 49.5 cm³/mol. The summed E-state index contributed by atoms with van der Waals surface area (Å²) in [7, 11) is 0. The van der Waals surface area contributed by atoms with Crippen molar-refractivity contribution in [3.8, 4) is 0 Å². The van der Waals surface area contributed by atoms with Crippen LogP contribution < -0.4 is 0 Å². The first-order valence-electron chi connectivity index (χ1n) is 3.57. The highest BCUT2D eigenvalue weighted by molar-refractivity contribution is 6.25. The molecule has 0 aliphatic carbocycles. The number of hydrogen-bond acceptors (Lipinski definition) is 0. The third-order valence-electron chi connectivity index (χ3n) is 1.38. The largest absolute Gasteiger partial charge is 0.0933 e. The third kappa shape index (κ3) is 3.24. The van der Waals surface area contributed by atoms with Gasteiger partial charge in [-0.05, 0) is 18.4 Å². The van der Waals surface area contributed by atoms with Gasteiger partial charge >= 0.3 is 0 Å². The van der Waals surface area contributed by atoms with Crippen LogP contribution in [0, 0.1) is 6.42 Å². The normalized spacial score (nSPS) is 10.6. The second kappa shape index (κ2) is 4.97. The van der Waals surface area contributed by atoms with Gasteiger partial charge in [-0.1, -0.05) is 48.0 Å². The molecule has 0 bridgehead atoms. The smallest absolute Gasteiger partial charge is 0.000268 e. The lowest BCUT2D eigenvalue weighted by Crippen LogP contribution is -1.76. The molecule has 0 saturated heterocycles. The van der Waals surface area contributed by atoms with E-state index in [1.54, 1.807) is 5.54 Å². The van der Waals surface area contributed by atoms with E-state index in [1.165, 1.54) is 5.56 Å². The van der Waals surface area contributed by atoms with Gasteiger partial charge in [-0.2, -0.15) is 0 Å². The van der Waals surface area contributed by atoms with Crippen molar-refractivity contribution >= 4 is 11.6 Å². The minimum atomic E-state index is 0.896. The topological polar surface area (TPSA) is 0 Å². The fraction of sp³-hybridized carbons (Fsp3) is 0.100. The minimum absolute atomic E-state index is 0.896. The SMILES string of the molecule is ClC=CC[CH]c1ccccc1. The molecule has 0 aliphatic heterocycles. The molecular weight excluding hydrogens is 156 g/mol. The Kier molecular flexibility index (Phi) is 3.77. The predicted octanol–water partition coefficient (Wildman–Crippen LogP) is 3.38. The minimum Gasteiger partial charge on any atom is -0.0933 e. The number of halogens is 1. The van der Waals surface area contributed by atoms with E-state index in [1.807, 2.05) is 24.3 Å². The maximum Gasteiger partial charge on any atom is 0.000268 e. The van der Waals surface area contributed by atoms with E-state index in [4.69, 9.17) is 11.6 Å². The molecule has 0 aromatic heterocycles. The molecule has 57 valence electrons. The van der Waals surface area contributed by atoms with Gasteiger partial charge in [0.05, 0.1) is 0 Å². The van der Waals surface area contributed by atoms with Crippen molar-refractivity contribution in [3.63, 3.8) is 0 Å². The molecule has 1 aromatic carbocycles. The lowest BCUT2D eigenvalue weighted by molar-refractivity contribution is 1.25. The monoisotopic (exact) mass is 165 g/mol. The van der Waals surface area contributed by atoms with Gasteiger partial charge in [0, 0.05) is 5.54 Å². The van der Waals surface area contributed by atoms with Crippen LogP contribution >= 0.6 is 11.6 Å². The van der Waals surface area contributed by atoms with E-state index < -0.39 is 0 Å². The molecule has 0 atom stereocenters. The fourth-order valence-corrected chi connectivity index (χ4v) is 0.948. The van der Waals surface area contributed by atoms with Gasteiger partial charge in [0.15, 0.2) is 0 Å². The van der Waals surface area contributed by atoms with Gasteiger partial charge in [-0.25, -0.2) is 0 Å². The highest BCUT2D eigenvalue weighted by Crippen LogP contribution is 2.05. The zero-order valence-electron chi connectivity index (χ0n) is 6.20. The van der Waals surface area contributed by atoms with Crippen LogP contribution in [0.4, 0.5) is 0 Å². The van der Waals surface area contributed by atoms with Crippen molar-refractivity contribution in [3.05, 3.63) is 53.9 Å². The van der Waals surface area contributed by atoms with Gasteiger partial charge in [-0.3, -0.25) is 0 Å². The fourth-order valence-electron chi connectivity index (χ4n) is 0.845. The Balaban J connectivity index is 2.39. The Morgan fingerprint density at radius 3 is 2.55 bits per heavy atom. The third-order valence-corrected chi connectivity index (χ3v) is 1.56. The van der Waals surface area contributed by atoms with Crippen molar-refractivity contribution in [2.75, 3.05) is 0 Å². The Hall–Kier alpha value is -0.750. The highest BCUT2D eigenvalue weighted by Gasteiger charge is 1.87. The Bertz CT molecular complexity index is 214. The summed E-state index contributed by atoms with van der Waals surface area (Å²) in [5.74, 6) is 0. The lowest BCUT2D eigenvalue weighted by atomic mass is 10.1. The number of benzene rings is 1. The number of rotatable bonds is 3. The van der Waals surface area contributed by atoms with Crippen molar-refractivity contribution in [2.24, 2.45) is 0 Å². The van der Waals surface area contributed by atoms with Crippen LogP contribution in [-0.2, 0) is 0 Å². The zero-order chi connectivity index (χ0) is 7.94. The summed E-state index contributed by atoms with van der Waals surface area (Å²) in [6.45, 7) is 0. The standard InChI is InChI=1S/C10H10Cl/c11-9-5-4-8-10-6-2-1-3-7-10/h1-3,5-9H,4H2. The first-order chi connectivity index (χ1) is 5.43. The van der Waals surface area contributed by atoms with Crippen molar-refractivity contribution in [1.82, 2.24) is 0 Å². The van der Waals surface area contributed by atoms with Crippen molar-refractivity contribution in [1.29, 1.82) is 0 Å². The van der Waals surface area contributed by atoms with Crippen LogP contribution in [0.25, 0.3) is 0 Å². The van der Waals surface area contributed by atoms with Crippen molar-refractivity contribution in [2.45, 2.75) is 6.42 Å².